The van der Waals surface area contributed by atoms with Gasteiger partial charge >= 0.3 is 0 Å². The van der Waals surface area contributed by atoms with Crippen molar-refractivity contribution in [2.24, 2.45) is 11.8 Å². The lowest BCUT2D eigenvalue weighted by Gasteiger charge is -2.22. The van der Waals surface area contributed by atoms with Crippen molar-refractivity contribution in [2.45, 2.75) is 64.2 Å². The number of anilines is 2. The summed E-state index contributed by atoms with van der Waals surface area (Å²) in [6, 6.07) is 23.3. The van der Waals surface area contributed by atoms with Crippen LogP contribution in [-0.2, 0) is 0 Å². The molecule has 0 radical (unpaired) electrons. The van der Waals surface area contributed by atoms with Crippen LogP contribution in [0, 0.1) is 11.8 Å². The lowest BCUT2D eigenvalue weighted by molar-refractivity contribution is 0.0936. The number of nitrogens with two attached hydrogens (primary N) is 1. The minimum absolute atomic E-state index is 0.124. The summed E-state index contributed by atoms with van der Waals surface area (Å²) >= 11 is 12.0. The first kappa shape index (κ1) is 35.2. The Morgan fingerprint density at radius 2 is 1.15 bits per heavy atom. The molecule has 2 aliphatic rings. The summed E-state index contributed by atoms with van der Waals surface area (Å²) in [6.07, 6.45) is 12.3. The Hall–Kier alpha value is -4.07. The number of benzene rings is 4. The van der Waals surface area contributed by atoms with Gasteiger partial charge in [-0.15, -0.1) is 0 Å². The number of nitrogens with one attached hydrogen (secondary N) is 3. The van der Waals surface area contributed by atoms with E-state index in [1.165, 1.54) is 51.4 Å². The van der Waals surface area contributed by atoms with Gasteiger partial charge in [-0.05, 0) is 90.8 Å². The second-order valence-electron chi connectivity index (χ2n) is 12.8. The zero-order valence-corrected chi connectivity index (χ0v) is 28.7. The van der Waals surface area contributed by atoms with E-state index >= 15 is 0 Å². The molecule has 48 heavy (non-hydrogen) atoms. The van der Waals surface area contributed by atoms with Gasteiger partial charge in [0.25, 0.3) is 17.7 Å². The van der Waals surface area contributed by atoms with Gasteiger partial charge in [-0.25, -0.2) is 0 Å². The molecule has 6 rings (SSSR count). The summed E-state index contributed by atoms with van der Waals surface area (Å²) < 4.78 is 0. The standard InChI is InChI=1S/C25H25ClN2O2.C14H19ClN2O/c26-19-13-14-23(22(15-19)24(29)27-16-17-7-2-1-3-8-17)28-25(30)21-12-6-10-18-9-4-5-11-20(18)21;15-11-6-7-13(16)12(8-11)14(18)17-9-10-4-2-1-3-5-10/h4-6,9-15,17H,1-3,7-8,16H2,(H,27,29)(H,28,30);6-8,10H,1-5,9,16H2,(H,17,18). The number of hydrogen-bond acceptors (Lipinski definition) is 4. The minimum Gasteiger partial charge on any atom is -0.398 e. The summed E-state index contributed by atoms with van der Waals surface area (Å²) in [6.45, 7) is 1.40. The smallest absolute Gasteiger partial charge is 0.256 e. The highest BCUT2D eigenvalue weighted by Gasteiger charge is 2.19. The Labute approximate surface area is 293 Å². The van der Waals surface area contributed by atoms with Gasteiger partial charge in [0.05, 0.1) is 16.8 Å². The molecule has 7 nitrogen and oxygen atoms in total. The largest absolute Gasteiger partial charge is 0.398 e. The van der Waals surface area contributed by atoms with E-state index in [2.05, 4.69) is 16.0 Å². The molecule has 2 fully saturated rings. The van der Waals surface area contributed by atoms with E-state index in [0.29, 0.717) is 56.5 Å². The van der Waals surface area contributed by atoms with Crippen LogP contribution in [0.25, 0.3) is 10.8 Å². The van der Waals surface area contributed by atoms with Crippen LogP contribution >= 0.6 is 23.2 Å². The number of carbonyl (C=O) groups is 3. The van der Waals surface area contributed by atoms with E-state index < -0.39 is 0 Å². The first-order valence-electron chi connectivity index (χ1n) is 17.0. The van der Waals surface area contributed by atoms with Crippen LogP contribution in [0.5, 0.6) is 0 Å². The van der Waals surface area contributed by atoms with Crippen molar-refractivity contribution < 1.29 is 14.4 Å². The summed E-state index contributed by atoms with van der Waals surface area (Å²) in [7, 11) is 0. The average molecular weight is 688 g/mol. The molecule has 0 aromatic heterocycles. The van der Waals surface area contributed by atoms with Crippen LogP contribution in [0.2, 0.25) is 10.0 Å². The second kappa shape index (κ2) is 17.4. The summed E-state index contributed by atoms with van der Waals surface area (Å²) in [5.74, 6) is 0.547. The summed E-state index contributed by atoms with van der Waals surface area (Å²) in [4.78, 5) is 37.9. The van der Waals surface area contributed by atoms with E-state index in [-0.39, 0.29) is 17.7 Å². The van der Waals surface area contributed by atoms with Crippen molar-refractivity contribution in [3.05, 3.63) is 106 Å². The molecule has 2 aliphatic carbocycles. The van der Waals surface area contributed by atoms with Gasteiger partial charge in [0.1, 0.15) is 0 Å². The molecule has 4 aromatic rings. The van der Waals surface area contributed by atoms with Gasteiger partial charge in [-0.2, -0.15) is 0 Å². The zero-order chi connectivity index (χ0) is 33.9. The van der Waals surface area contributed by atoms with E-state index in [1.54, 1.807) is 42.5 Å². The molecule has 2 saturated carbocycles. The highest BCUT2D eigenvalue weighted by Crippen LogP contribution is 2.26. The molecule has 4 aromatic carbocycles. The van der Waals surface area contributed by atoms with Crippen molar-refractivity contribution in [3.63, 3.8) is 0 Å². The fourth-order valence-electron chi connectivity index (χ4n) is 6.60. The molecular formula is C39H44Cl2N4O3. The first-order valence-corrected chi connectivity index (χ1v) is 17.7. The number of nitrogen functional groups attached to an aromatic ring is 1. The van der Waals surface area contributed by atoms with Crippen molar-refractivity contribution >= 4 is 63.1 Å². The third-order valence-corrected chi connectivity index (χ3v) is 9.79. The highest BCUT2D eigenvalue weighted by atomic mass is 35.5. The van der Waals surface area contributed by atoms with Gasteiger partial charge in [0.15, 0.2) is 0 Å². The Balaban J connectivity index is 0.000000214. The molecule has 0 unspecified atom stereocenters. The lowest BCUT2D eigenvalue weighted by atomic mass is 9.89. The maximum atomic E-state index is 13.0. The van der Waals surface area contributed by atoms with E-state index in [1.807, 2.05) is 36.4 Å². The van der Waals surface area contributed by atoms with Crippen LogP contribution in [-0.4, -0.2) is 30.8 Å². The number of hydrogen-bond donors (Lipinski definition) is 4. The molecule has 0 aliphatic heterocycles. The molecule has 9 heteroatoms. The Bertz CT molecular complexity index is 1730. The lowest BCUT2D eigenvalue weighted by Crippen LogP contribution is -2.31. The predicted octanol–water partition coefficient (Wildman–Crippen LogP) is 9.29. The van der Waals surface area contributed by atoms with Crippen LogP contribution in [0.3, 0.4) is 0 Å². The number of amides is 3. The maximum absolute atomic E-state index is 13.0. The monoisotopic (exact) mass is 686 g/mol. The quantitative estimate of drug-likeness (QED) is 0.138. The summed E-state index contributed by atoms with van der Waals surface area (Å²) in [5.41, 5.74) is 8.13. The first-order chi connectivity index (χ1) is 23.3. The van der Waals surface area contributed by atoms with Crippen molar-refractivity contribution in [3.8, 4) is 0 Å². The van der Waals surface area contributed by atoms with Crippen LogP contribution in [0.4, 0.5) is 11.4 Å². The molecular weight excluding hydrogens is 643 g/mol. The average Bonchev–Trinajstić information content (AvgIpc) is 3.12. The fraction of sp³-hybridized carbons (Fsp3) is 0.359. The predicted molar refractivity (Wildman–Crippen MR) is 197 cm³/mol. The zero-order valence-electron chi connectivity index (χ0n) is 27.2. The van der Waals surface area contributed by atoms with E-state index in [0.717, 1.165) is 30.2 Å². The van der Waals surface area contributed by atoms with Crippen molar-refractivity contribution in [2.75, 3.05) is 24.1 Å². The third kappa shape index (κ3) is 9.74. The van der Waals surface area contributed by atoms with Gasteiger partial charge in [-0.3, -0.25) is 14.4 Å². The molecule has 5 N–H and O–H groups in total. The SMILES string of the molecule is Nc1ccc(Cl)cc1C(=O)NCC1CCCCC1.O=C(NCC1CCCCC1)c1cc(Cl)ccc1NC(=O)c1cccc2ccccc12. The van der Waals surface area contributed by atoms with Crippen LogP contribution in [0.1, 0.15) is 95.3 Å². The van der Waals surface area contributed by atoms with Crippen molar-refractivity contribution in [1.29, 1.82) is 0 Å². The van der Waals surface area contributed by atoms with Crippen LogP contribution in [0.15, 0.2) is 78.9 Å². The van der Waals surface area contributed by atoms with E-state index in [9.17, 15) is 14.4 Å². The normalized spacial score (nSPS) is 15.2. The van der Waals surface area contributed by atoms with E-state index in [4.69, 9.17) is 28.9 Å². The second-order valence-corrected chi connectivity index (χ2v) is 13.7. The molecule has 0 saturated heterocycles. The molecule has 0 spiro atoms. The minimum atomic E-state index is -0.254. The number of carbonyl (C=O) groups excluding carboxylic acids is 3. The van der Waals surface area contributed by atoms with Gasteiger partial charge in [0, 0.05) is 34.4 Å². The molecule has 0 heterocycles. The Morgan fingerprint density at radius 3 is 1.79 bits per heavy atom. The van der Waals surface area contributed by atoms with Gasteiger partial charge < -0.3 is 21.7 Å². The van der Waals surface area contributed by atoms with Gasteiger partial charge in [0.2, 0.25) is 0 Å². The topological polar surface area (TPSA) is 113 Å². The maximum Gasteiger partial charge on any atom is 0.256 e. The molecule has 0 atom stereocenters. The van der Waals surface area contributed by atoms with Crippen molar-refractivity contribution in [1.82, 2.24) is 10.6 Å². The Kier molecular flexibility index (Phi) is 12.7. The third-order valence-electron chi connectivity index (χ3n) is 9.32. The number of halogens is 2. The molecule has 252 valence electrons. The van der Waals surface area contributed by atoms with Crippen LogP contribution < -0.4 is 21.7 Å². The number of fused-ring (bicyclic) bond motifs is 1. The van der Waals surface area contributed by atoms with Gasteiger partial charge in [-0.1, -0.05) is 98.1 Å². The number of rotatable bonds is 8. The molecule has 3 amide bonds. The molecule has 0 bridgehead atoms. The highest BCUT2D eigenvalue weighted by molar-refractivity contribution is 6.31. The Morgan fingerprint density at radius 1 is 0.604 bits per heavy atom. The summed E-state index contributed by atoms with van der Waals surface area (Å²) in [5, 5.41) is 11.8. The fourth-order valence-corrected chi connectivity index (χ4v) is 6.94.